The SMILES string of the molecule is CC(=O)N1CCN(c2ccc(CN(C(=O)C=Cc3ccc(C(F)(F)F)nc3)[C@@H](Cc3ccccc3)C(=O)N(C)CCOCCOCc3ccccc3)cc2)CC1. The zero-order valence-corrected chi connectivity index (χ0v) is 31.7. The second-order valence-corrected chi connectivity index (χ2v) is 13.5. The number of pyridine rings is 1. The maximum Gasteiger partial charge on any atom is 0.433 e. The molecule has 0 radical (unpaired) electrons. The highest BCUT2D eigenvalue weighted by Gasteiger charge is 2.33. The highest BCUT2D eigenvalue weighted by Crippen LogP contribution is 2.27. The van der Waals surface area contributed by atoms with Crippen LogP contribution in [0, 0.1) is 0 Å². The van der Waals surface area contributed by atoms with Crippen LogP contribution in [-0.4, -0.2) is 103 Å². The normalized spacial score (nSPS) is 13.8. The summed E-state index contributed by atoms with van der Waals surface area (Å²) in [4.78, 5) is 50.9. The zero-order chi connectivity index (χ0) is 39.9. The number of alkyl halides is 3. The summed E-state index contributed by atoms with van der Waals surface area (Å²) < 4.78 is 50.9. The Morgan fingerprint density at radius 1 is 0.804 bits per heavy atom. The minimum atomic E-state index is -4.59. The third-order valence-electron chi connectivity index (χ3n) is 9.52. The molecule has 10 nitrogen and oxygen atoms in total. The number of carbonyl (C=O) groups excluding carboxylic acids is 3. The van der Waals surface area contributed by atoms with Gasteiger partial charge >= 0.3 is 6.18 Å². The van der Waals surface area contributed by atoms with Crippen molar-refractivity contribution < 1.29 is 37.0 Å². The van der Waals surface area contributed by atoms with Crippen LogP contribution in [0.3, 0.4) is 0 Å². The molecule has 1 atom stereocenters. The molecule has 1 saturated heterocycles. The van der Waals surface area contributed by atoms with Crippen LogP contribution in [0.4, 0.5) is 18.9 Å². The standard InChI is InChI=1S/C43H48F3N5O5/c1-33(52)49-21-23-50(24-22-49)38-17-13-36(14-18-38)31-51(41(53)20-16-35-15-19-40(47-30-35)43(44,45)46)39(29-34-9-5-3-6-10-34)42(54)48(2)25-26-55-27-28-56-32-37-11-7-4-8-12-37/h3-20,30,39H,21-29,31-32H2,1-2H3/t39-/m0/s1. The van der Waals surface area contributed by atoms with E-state index >= 15 is 0 Å². The van der Waals surface area contributed by atoms with E-state index in [0.717, 1.165) is 34.6 Å². The maximum absolute atomic E-state index is 14.3. The number of halogens is 3. The van der Waals surface area contributed by atoms with Crippen LogP contribution in [0.2, 0.25) is 0 Å². The third kappa shape index (κ3) is 12.5. The Morgan fingerprint density at radius 3 is 2.05 bits per heavy atom. The number of nitrogens with zero attached hydrogens (tertiary/aromatic N) is 5. The van der Waals surface area contributed by atoms with Crippen molar-refractivity contribution in [2.45, 2.75) is 38.7 Å². The first-order chi connectivity index (χ1) is 27.0. The Hall–Kier alpha value is -5.53. The first-order valence-electron chi connectivity index (χ1n) is 18.6. The Morgan fingerprint density at radius 2 is 1.45 bits per heavy atom. The van der Waals surface area contributed by atoms with Gasteiger partial charge in [-0.15, -0.1) is 0 Å². The quantitative estimate of drug-likeness (QED) is 0.0945. The fraction of sp³-hybridized carbons (Fsp3) is 0.349. The number of aromatic nitrogens is 1. The van der Waals surface area contributed by atoms with E-state index in [1.165, 1.54) is 23.1 Å². The van der Waals surface area contributed by atoms with E-state index in [4.69, 9.17) is 9.47 Å². The fourth-order valence-corrected chi connectivity index (χ4v) is 6.28. The number of anilines is 1. The Kier molecular flexibility index (Phi) is 15.2. The van der Waals surface area contributed by atoms with Crippen molar-refractivity contribution in [1.29, 1.82) is 0 Å². The molecule has 0 N–H and O–H groups in total. The average molecular weight is 772 g/mol. The molecule has 1 aliphatic heterocycles. The van der Waals surface area contributed by atoms with Crippen LogP contribution in [-0.2, 0) is 49.6 Å². The fourth-order valence-electron chi connectivity index (χ4n) is 6.28. The molecule has 3 aromatic carbocycles. The first kappa shape index (κ1) is 41.6. The second kappa shape index (κ2) is 20.4. The molecule has 0 bridgehead atoms. The molecule has 0 spiro atoms. The number of amides is 3. The molecule has 296 valence electrons. The number of rotatable bonds is 17. The number of hydrogen-bond acceptors (Lipinski definition) is 7. The lowest BCUT2D eigenvalue weighted by atomic mass is 10.0. The van der Waals surface area contributed by atoms with Gasteiger partial charge in [0.2, 0.25) is 17.7 Å². The Bertz CT molecular complexity index is 1870. The largest absolute Gasteiger partial charge is 0.433 e. The van der Waals surface area contributed by atoms with Gasteiger partial charge < -0.3 is 29.1 Å². The molecule has 3 amide bonds. The van der Waals surface area contributed by atoms with Crippen LogP contribution >= 0.6 is 0 Å². The van der Waals surface area contributed by atoms with Crippen molar-refractivity contribution in [3.8, 4) is 0 Å². The smallest absolute Gasteiger partial charge is 0.377 e. The van der Waals surface area contributed by atoms with Gasteiger partial charge in [0.05, 0.1) is 26.4 Å². The van der Waals surface area contributed by atoms with Gasteiger partial charge in [-0.25, -0.2) is 0 Å². The number of piperazine rings is 1. The number of carbonyl (C=O) groups is 3. The average Bonchev–Trinajstić information content (AvgIpc) is 3.21. The van der Waals surface area contributed by atoms with Gasteiger partial charge in [0.15, 0.2) is 0 Å². The predicted molar refractivity (Wildman–Crippen MR) is 208 cm³/mol. The summed E-state index contributed by atoms with van der Waals surface area (Å²) in [6.07, 6.45) is -0.659. The summed E-state index contributed by atoms with van der Waals surface area (Å²) >= 11 is 0. The van der Waals surface area contributed by atoms with Crippen LogP contribution in [0.5, 0.6) is 0 Å². The van der Waals surface area contributed by atoms with Crippen molar-refractivity contribution >= 4 is 29.5 Å². The van der Waals surface area contributed by atoms with Crippen LogP contribution in [0.15, 0.2) is 109 Å². The first-order valence-corrected chi connectivity index (χ1v) is 18.6. The zero-order valence-electron chi connectivity index (χ0n) is 31.7. The van der Waals surface area contributed by atoms with Crippen LogP contribution in [0.1, 0.15) is 34.9 Å². The summed E-state index contributed by atoms with van der Waals surface area (Å²) in [5.74, 6) is -0.741. The lowest BCUT2D eigenvalue weighted by Crippen LogP contribution is -2.51. The molecule has 4 aromatic rings. The van der Waals surface area contributed by atoms with Gasteiger partial charge in [-0.05, 0) is 46.5 Å². The molecule has 0 saturated carbocycles. The summed E-state index contributed by atoms with van der Waals surface area (Å²) in [5, 5.41) is 0. The predicted octanol–water partition coefficient (Wildman–Crippen LogP) is 6.11. The lowest BCUT2D eigenvalue weighted by Gasteiger charge is -2.36. The van der Waals surface area contributed by atoms with Gasteiger partial charge in [-0.3, -0.25) is 19.4 Å². The number of hydrogen-bond donors (Lipinski definition) is 0. The molecular weight excluding hydrogens is 723 g/mol. The number of benzene rings is 3. The van der Waals surface area contributed by atoms with E-state index in [9.17, 15) is 27.6 Å². The van der Waals surface area contributed by atoms with E-state index in [2.05, 4.69) is 9.88 Å². The number of ether oxygens (including phenoxy) is 2. The molecule has 0 aliphatic carbocycles. The third-order valence-corrected chi connectivity index (χ3v) is 9.52. The summed E-state index contributed by atoms with van der Waals surface area (Å²) in [5.41, 5.74) is 2.93. The van der Waals surface area contributed by atoms with E-state index in [-0.39, 0.29) is 37.9 Å². The van der Waals surface area contributed by atoms with E-state index in [0.29, 0.717) is 51.6 Å². The Labute approximate surface area is 326 Å². The van der Waals surface area contributed by atoms with Crippen molar-refractivity contribution in [2.24, 2.45) is 0 Å². The van der Waals surface area contributed by atoms with Gasteiger partial charge in [0, 0.05) is 77.6 Å². The monoisotopic (exact) mass is 771 g/mol. The van der Waals surface area contributed by atoms with E-state index < -0.39 is 23.8 Å². The molecule has 2 heterocycles. The number of likely N-dealkylation sites (N-methyl/N-ethyl adjacent to an activating group) is 1. The van der Waals surface area contributed by atoms with Crippen LogP contribution in [0.25, 0.3) is 6.08 Å². The summed E-state index contributed by atoms with van der Waals surface area (Å²) in [7, 11) is 1.67. The molecule has 5 rings (SSSR count). The van der Waals surface area contributed by atoms with Crippen molar-refractivity contribution in [3.63, 3.8) is 0 Å². The van der Waals surface area contributed by atoms with Crippen molar-refractivity contribution in [2.75, 3.05) is 64.5 Å². The molecule has 0 unspecified atom stereocenters. The highest BCUT2D eigenvalue weighted by atomic mass is 19.4. The van der Waals surface area contributed by atoms with Gasteiger partial charge in [-0.2, -0.15) is 13.2 Å². The highest BCUT2D eigenvalue weighted by molar-refractivity contribution is 5.95. The minimum Gasteiger partial charge on any atom is -0.377 e. The molecule has 1 aromatic heterocycles. The topological polar surface area (TPSA) is 95.5 Å². The lowest BCUT2D eigenvalue weighted by molar-refractivity contribution is -0.143. The van der Waals surface area contributed by atoms with Gasteiger partial charge in [0.25, 0.3) is 0 Å². The summed E-state index contributed by atoms with van der Waals surface area (Å²) in [6, 6.07) is 28.1. The van der Waals surface area contributed by atoms with Crippen LogP contribution < -0.4 is 4.90 Å². The molecule has 1 fully saturated rings. The Balaban J connectivity index is 1.32. The molecular formula is C43H48F3N5O5. The van der Waals surface area contributed by atoms with Gasteiger partial charge in [-0.1, -0.05) is 78.9 Å². The minimum absolute atomic E-state index is 0.0512. The second-order valence-electron chi connectivity index (χ2n) is 13.5. The molecule has 13 heteroatoms. The van der Waals surface area contributed by atoms with Crippen molar-refractivity contribution in [1.82, 2.24) is 19.7 Å². The van der Waals surface area contributed by atoms with E-state index in [1.807, 2.05) is 89.8 Å². The maximum atomic E-state index is 14.3. The van der Waals surface area contributed by atoms with E-state index in [1.54, 1.807) is 18.9 Å². The molecule has 1 aliphatic rings. The summed E-state index contributed by atoms with van der Waals surface area (Å²) in [6.45, 7) is 6.02. The van der Waals surface area contributed by atoms with Crippen molar-refractivity contribution in [3.05, 3.63) is 137 Å². The molecule has 56 heavy (non-hydrogen) atoms. The van der Waals surface area contributed by atoms with Gasteiger partial charge in [0.1, 0.15) is 11.7 Å².